The minimum absolute atomic E-state index is 0.00683. The van der Waals surface area contributed by atoms with E-state index in [9.17, 15) is 20.0 Å². The maximum Gasteiger partial charge on any atom is 0.307 e. The smallest absolute Gasteiger partial charge is 0.307 e. The highest BCUT2D eigenvalue weighted by Crippen LogP contribution is 2.42. The number of fused-ring (bicyclic) bond motifs is 1. The summed E-state index contributed by atoms with van der Waals surface area (Å²) in [5.74, 6) is -0.937. The number of hydrogen-bond donors (Lipinski definition) is 4. The second-order valence-corrected chi connectivity index (χ2v) is 7.34. The summed E-state index contributed by atoms with van der Waals surface area (Å²) in [4.78, 5) is 22.5. The SMILES string of the molecule is COc1ccc(C2CC(C(=O)O)C3C(NNC3c3ccc([N+](=O)[O-])cc3)N2)cc1. The Bertz CT molecular complexity index is 902. The Labute approximate surface area is 167 Å². The zero-order valence-electron chi connectivity index (χ0n) is 15.7. The molecule has 0 saturated carbocycles. The first-order chi connectivity index (χ1) is 14.0. The minimum Gasteiger partial charge on any atom is -0.497 e. The largest absolute Gasteiger partial charge is 0.497 e. The van der Waals surface area contributed by atoms with Crippen LogP contribution >= 0.6 is 0 Å². The number of hydrazine groups is 1. The fourth-order valence-corrected chi connectivity index (χ4v) is 4.32. The molecule has 9 heteroatoms. The van der Waals surface area contributed by atoms with Crippen molar-refractivity contribution < 1.29 is 19.6 Å². The molecular weight excluding hydrogens is 376 g/mol. The summed E-state index contributed by atoms with van der Waals surface area (Å²) < 4.78 is 5.19. The monoisotopic (exact) mass is 398 g/mol. The van der Waals surface area contributed by atoms with Crippen molar-refractivity contribution >= 4 is 11.7 Å². The molecule has 4 rings (SSSR count). The number of methoxy groups -OCH3 is 1. The second-order valence-electron chi connectivity index (χ2n) is 7.34. The summed E-state index contributed by atoms with van der Waals surface area (Å²) in [5, 5.41) is 24.3. The fourth-order valence-electron chi connectivity index (χ4n) is 4.32. The number of aliphatic carboxylic acids is 1. The Balaban J connectivity index is 1.58. The van der Waals surface area contributed by atoms with Crippen LogP contribution in [0, 0.1) is 22.0 Å². The van der Waals surface area contributed by atoms with E-state index in [1.54, 1.807) is 19.2 Å². The number of carboxylic acid groups (broad SMARTS) is 1. The van der Waals surface area contributed by atoms with E-state index in [1.165, 1.54) is 12.1 Å². The number of rotatable bonds is 5. The molecule has 0 radical (unpaired) electrons. The average molecular weight is 398 g/mol. The predicted octanol–water partition coefficient (Wildman–Crippen LogP) is 2.13. The van der Waals surface area contributed by atoms with Crippen molar-refractivity contribution in [1.29, 1.82) is 0 Å². The number of carbonyl (C=O) groups is 1. The third-order valence-electron chi connectivity index (χ3n) is 5.80. The average Bonchev–Trinajstić information content (AvgIpc) is 3.17. The summed E-state index contributed by atoms with van der Waals surface area (Å²) in [7, 11) is 1.60. The minimum atomic E-state index is -0.850. The van der Waals surface area contributed by atoms with E-state index in [4.69, 9.17) is 4.74 Å². The van der Waals surface area contributed by atoms with Crippen LogP contribution in [0.2, 0.25) is 0 Å². The molecule has 0 aliphatic carbocycles. The number of piperidine rings is 1. The van der Waals surface area contributed by atoms with Crippen molar-refractivity contribution in [1.82, 2.24) is 16.2 Å². The van der Waals surface area contributed by atoms with Crippen LogP contribution in [0.3, 0.4) is 0 Å². The van der Waals surface area contributed by atoms with Gasteiger partial charge in [-0.3, -0.25) is 20.2 Å². The van der Waals surface area contributed by atoms with Crippen LogP contribution in [-0.4, -0.2) is 29.3 Å². The third-order valence-corrected chi connectivity index (χ3v) is 5.80. The van der Waals surface area contributed by atoms with Gasteiger partial charge in [0.2, 0.25) is 0 Å². The maximum absolute atomic E-state index is 12.1. The highest BCUT2D eigenvalue weighted by molar-refractivity contribution is 5.71. The fraction of sp³-hybridized carbons (Fsp3) is 0.350. The van der Waals surface area contributed by atoms with Crippen LogP contribution in [0.1, 0.15) is 29.6 Å². The van der Waals surface area contributed by atoms with E-state index in [0.29, 0.717) is 6.42 Å². The molecule has 2 aromatic carbocycles. The molecule has 4 N–H and O–H groups in total. The Morgan fingerprint density at radius 3 is 2.34 bits per heavy atom. The van der Waals surface area contributed by atoms with E-state index in [1.807, 2.05) is 24.3 Å². The zero-order valence-corrected chi connectivity index (χ0v) is 15.7. The first-order valence-electron chi connectivity index (χ1n) is 9.36. The molecule has 2 saturated heterocycles. The van der Waals surface area contributed by atoms with Gasteiger partial charge in [0.05, 0.1) is 30.2 Å². The Morgan fingerprint density at radius 1 is 1.10 bits per heavy atom. The van der Waals surface area contributed by atoms with Crippen molar-refractivity contribution in [2.75, 3.05) is 7.11 Å². The lowest BCUT2D eigenvalue weighted by molar-refractivity contribution is -0.384. The number of non-ortho nitro benzene ring substituents is 1. The van der Waals surface area contributed by atoms with Gasteiger partial charge in [-0.2, -0.15) is 0 Å². The van der Waals surface area contributed by atoms with Gasteiger partial charge < -0.3 is 9.84 Å². The van der Waals surface area contributed by atoms with Crippen LogP contribution in [0.15, 0.2) is 48.5 Å². The van der Waals surface area contributed by atoms with Gasteiger partial charge in [0.1, 0.15) is 5.75 Å². The molecule has 0 spiro atoms. The van der Waals surface area contributed by atoms with Crippen LogP contribution in [0.5, 0.6) is 5.75 Å². The lowest BCUT2D eigenvalue weighted by Gasteiger charge is -2.39. The standard InChI is InChI=1S/C20H22N4O5/c1-29-14-8-4-11(5-9-14)16-10-15(20(25)26)17-18(22-23-19(17)21-16)12-2-6-13(7-3-12)24(27)28/h2-9,15-19,21-23H,10H2,1H3,(H,25,26). The number of ether oxygens (including phenoxy) is 1. The lowest BCUT2D eigenvalue weighted by atomic mass is 9.75. The molecule has 0 aromatic heterocycles. The summed E-state index contributed by atoms with van der Waals surface area (Å²) in [6, 6.07) is 13.4. The van der Waals surface area contributed by atoms with Gasteiger partial charge in [-0.25, -0.2) is 10.9 Å². The van der Waals surface area contributed by atoms with Crippen molar-refractivity contribution in [3.05, 3.63) is 69.8 Å². The molecule has 2 fully saturated rings. The van der Waals surface area contributed by atoms with Gasteiger partial charge in [0, 0.05) is 24.1 Å². The van der Waals surface area contributed by atoms with E-state index in [2.05, 4.69) is 16.2 Å². The number of nitrogens with zero attached hydrogens (tertiary/aromatic N) is 1. The number of hydrogen-bond acceptors (Lipinski definition) is 7. The first-order valence-corrected chi connectivity index (χ1v) is 9.36. The van der Waals surface area contributed by atoms with Crippen LogP contribution in [0.4, 0.5) is 5.69 Å². The molecule has 152 valence electrons. The lowest BCUT2D eigenvalue weighted by Crippen LogP contribution is -2.53. The van der Waals surface area contributed by atoms with Crippen molar-refractivity contribution in [2.24, 2.45) is 11.8 Å². The molecule has 29 heavy (non-hydrogen) atoms. The normalized spacial score (nSPS) is 28.5. The Morgan fingerprint density at radius 2 is 1.76 bits per heavy atom. The van der Waals surface area contributed by atoms with E-state index < -0.39 is 16.8 Å². The van der Waals surface area contributed by atoms with Crippen LogP contribution < -0.4 is 20.9 Å². The maximum atomic E-state index is 12.1. The topological polar surface area (TPSA) is 126 Å². The van der Waals surface area contributed by atoms with Gasteiger partial charge in [0.15, 0.2) is 0 Å². The summed E-state index contributed by atoms with van der Waals surface area (Å²) in [6.07, 6.45) is 0.188. The molecule has 2 heterocycles. The van der Waals surface area contributed by atoms with E-state index in [-0.39, 0.29) is 29.9 Å². The summed E-state index contributed by atoms with van der Waals surface area (Å²) in [6.45, 7) is 0. The van der Waals surface area contributed by atoms with Gasteiger partial charge in [-0.15, -0.1) is 0 Å². The van der Waals surface area contributed by atoms with Crippen LogP contribution in [-0.2, 0) is 4.79 Å². The van der Waals surface area contributed by atoms with Crippen LogP contribution in [0.25, 0.3) is 0 Å². The van der Waals surface area contributed by atoms with Crippen molar-refractivity contribution in [2.45, 2.75) is 24.7 Å². The Hall–Kier alpha value is -3.01. The second kappa shape index (κ2) is 7.78. The third kappa shape index (κ3) is 3.67. The summed E-state index contributed by atoms with van der Waals surface area (Å²) in [5.41, 5.74) is 8.16. The highest BCUT2D eigenvalue weighted by Gasteiger charge is 2.49. The van der Waals surface area contributed by atoms with Crippen molar-refractivity contribution in [3.63, 3.8) is 0 Å². The van der Waals surface area contributed by atoms with Crippen molar-refractivity contribution in [3.8, 4) is 5.75 Å². The predicted molar refractivity (Wildman–Crippen MR) is 104 cm³/mol. The first kappa shape index (κ1) is 19.3. The molecule has 0 bridgehead atoms. The quantitative estimate of drug-likeness (QED) is 0.446. The van der Waals surface area contributed by atoms with Gasteiger partial charge in [0.25, 0.3) is 5.69 Å². The molecule has 0 amide bonds. The number of nitro groups is 1. The highest BCUT2D eigenvalue weighted by atomic mass is 16.6. The number of nitrogens with one attached hydrogen (secondary N) is 3. The van der Waals surface area contributed by atoms with Gasteiger partial charge in [-0.1, -0.05) is 24.3 Å². The molecular formula is C20H22N4O5. The molecule has 5 unspecified atom stereocenters. The van der Waals surface area contributed by atoms with Gasteiger partial charge in [-0.05, 0) is 29.7 Å². The molecule has 9 nitrogen and oxygen atoms in total. The van der Waals surface area contributed by atoms with Gasteiger partial charge >= 0.3 is 5.97 Å². The summed E-state index contributed by atoms with van der Waals surface area (Å²) >= 11 is 0. The zero-order chi connectivity index (χ0) is 20.5. The molecule has 5 atom stereocenters. The molecule has 2 aliphatic rings. The number of benzene rings is 2. The number of nitro benzene ring substituents is 1. The number of carboxylic acids is 1. The molecule has 2 aliphatic heterocycles. The molecule has 2 aromatic rings. The van der Waals surface area contributed by atoms with E-state index >= 15 is 0 Å². The Kier molecular flexibility index (Phi) is 5.18. The van der Waals surface area contributed by atoms with E-state index in [0.717, 1.165) is 16.9 Å².